The minimum Gasteiger partial charge on any atom is -0.444 e. The molecule has 3 heterocycles. The molecule has 0 bridgehead atoms. The maximum Gasteiger partial charge on any atom is 0.417 e. The van der Waals surface area contributed by atoms with Gasteiger partial charge < -0.3 is 19.5 Å². The molecular formula is C28H35F3N4O3. The van der Waals surface area contributed by atoms with Crippen molar-refractivity contribution in [2.75, 3.05) is 13.1 Å². The number of amides is 2. The molecule has 1 aliphatic heterocycles. The number of nitrogens with zero attached hydrogens (tertiary/aromatic N) is 3. The summed E-state index contributed by atoms with van der Waals surface area (Å²) in [5.41, 5.74) is 0.758. The molecule has 206 valence electrons. The molecule has 2 amide bonds. The van der Waals surface area contributed by atoms with Crippen molar-refractivity contribution >= 4 is 12.0 Å². The van der Waals surface area contributed by atoms with Crippen LogP contribution >= 0.6 is 0 Å². The third-order valence-electron chi connectivity index (χ3n) is 7.19. The summed E-state index contributed by atoms with van der Waals surface area (Å²) in [6.45, 7) is 9.99. The van der Waals surface area contributed by atoms with Gasteiger partial charge in [-0.3, -0.25) is 9.78 Å². The Morgan fingerprint density at radius 2 is 1.87 bits per heavy atom. The van der Waals surface area contributed by atoms with Gasteiger partial charge in [-0.1, -0.05) is 12.2 Å². The Morgan fingerprint density at radius 1 is 1.18 bits per heavy atom. The summed E-state index contributed by atoms with van der Waals surface area (Å²) in [6.07, 6.45) is 0.928. The fourth-order valence-corrected chi connectivity index (χ4v) is 5.41. The minimum atomic E-state index is -4.50. The molecule has 0 saturated carbocycles. The number of allylic oxidation sites excluding steroid dienone is 1. The number of carbonyl (C=O) groups excluding carboxylic acids is 2. The number of aryl methyl sites for hydroxylation is 2. The second kappa shape index (κ2) is 10.1. The molecule has 2 atom stereocenters. The first-order chi connectivity index (χ1) is 17.7. The van der Waals surface area contributed by atoms with Crippen LogP contribution in [0.15, 0.2) is 36.5 Å². The predicted molar refractivity (Wildman–Crippen MR) is 136 cm³/mol. The molecule has 7 nitrogen and oxygen atoms in total. The van der Waals surface area contributed by atoms with Crippen molar-refractivity contribution in [3.05, 3.63) is 64.8 Å². The lowest BCUT2D eigenvalue weighted by Gasteiger charge is -2.37. The van der Waals surface area contributed by atoms with Gasteiger partial charge in [0.25, 0.3) is 0 Å². The molecule has 0 saturated heterocycles. The average Bonchev–Trinajstić information content (AvgIpc) is 3.39. The Morgan fingerprint density at radius 3 is 2.50 bits per heavy atom. The van der Waals surface area contributed by atoms with Crippen molar-refractivity contribution in [2.24, 2.45) is 5.41 Å². The molecule has 0 aromatic carbocycles. The van der Waals surface area contributed by atoms with E-state index in [0.29, 0.717) is 37.1 Å². The Bertz CT molecular complexity index is 1230. The van der Waals surface area contributed by atoms with E-state index in [0.717, 1.165) is 23.7 Å². The van der Waals surface area contributed by atoms with Crippen molar-refractivity contribution in [1.82, 2.24) is 19.8 Å². The second-order valence-corrected chi connectivity index (χ2v) is 11.3. The number of carbonyl (C=O) groups is 2. The number of rotatable bonds is 5. The average molecular weight is 533 g/mol. The normalized spacial score (nSPS) is 21.4. The monoisotopic (exact) mass is 532 g/mol. The quantitative estimate of drug-likeness (QED) is 0.516. The van der Waals surface area contributed by atoms with Crippen LogP contribution in [0.3, 0.4) is 0 Å². The molecule has 2 aliphatic rings. The zero-order valence-corrected chi connectivity index (χ0v) is 22.5. The molecule has 0 fully saturated rings. The third kappa shape index (κ3) is 5.89. The summed E-state index contributed by atoms with van der Waals surface area (Å²) in [4.78, 5) is 32.0. The summed E-state index contributed by atoms with van der Waals surface area (Å²) < 4.78 is 47.4. The van der Waals surface area contributed by atoms with Crippen LogP contribution in [-0.2, 0) is 28.7 Å². The zero-order valence-electron chi connectivity index (χ0n) is 22.5. The summed E-state index contributed by atoms with van der Waals surface area (Å²) in [5, 5.41) is 2.75. The van der Waals surface area contributed by atoms with Gasteiger partial charge in [0.05, 0.1) is 17.0 Å². The van der Waals surface area contributed by atoms with Crippen LogP contribution in [-0.4, -0.2) is 45.1 Å². The first kappa shape index (κ1) is 27.7. The van der Waals surface area contributed by atoms with Crippen LogP contribution in [0.25, 0.3) is 0 Å². The number of hydrogen-bond acceptors (Lipinski definition) is 4. The van der Waals surface area contributed by atoms with Gasteiger partial charge in [-0.05, 0) is 71.2 Å². The van der Waals surface area contributed by atoms with Crippen LogP contribution in [0.4, 0.5) is 18.0 Å². The lowest BCUT2D eigenvalue weighted by atomic mass is 9.81. The molecule has 38 heavy (non-hydrogen) atoms. The van der Waals surface area contributed by atoms with E-state index in [1.165, 1.54) is 0 Å². The Balaban J connectivity index is 1.56. The van der Waals surface area contributed by atoms with Gasteiger partial charge in [0.2, 0.25) is 5.91 Å². The van der Waals surface area contributed by atoms with E-state index < -0.39 is 28.8 Å². The maximum absolute atomic E-state index is 14.1. The molecule has 10 heteroatoms. The van der Waals surface area contributed by atoms with Crippen molar-refractivity contribution < 1.29 is 27.5 Å². The first-order valence-corrected chi connectivity index (χ1v) is 12.8. The standard InChI is InChI=1S/C28H35F3N4O3/c1-18-6-7-19(2)35(18)22-8-10-27(15-22,11-12-32-25(37)38-26(3,4)5)24(36)34-13-9-23-20(17-34)14-21(16-33-23)28(29,30)31/h6-8,10,14,16,22H,9,11-13,15,17H2,1-5H3,(H,32,37)/t22-,27-/m1/s1. The number of alkyl halides is 3. The number of aromatic nitrogens is 2. The van der Waals surface area contributed by atoms with E-state index in [2.05, 4.69) is 14.9 Å². The van der Waals surface area contributed by atoms with Gasteiger partial charge in [0.1, 0.15) is 5.60 Å². The van der Waals surface area contributed by atoms with Crippen LogP contribution in [0, 0.1) is 19.3 Å². The van der Waals surface area contributed by atoms with Crippen molar-refractivity contribution in [2.45, 2.75) is 78.2 Å². The van der Waals surface area contributed by atoms with Gasteiger partial charge in [-0.25, -0.2) is 4.79 Å². The molecule has 2 aromatic rings. The van der Waals surface area contributed by atoms with Gasteiger partial charge >= 0.3 is 12.3 Å². The van der Waals surface area contributed by atoms with Gasteiger partial charge in [-0.2, -0.15) is 13.2 Å². The fourth-order valence-electron chi connectivity index (χ4n) is 5.41. The number of ether oxygens (including phenoxy) is 1. The third-order valence-corrected chi connectivity index (χ3v) is 7.19. The van der Waals surface area contributed by atoms with Crippen molar-refractivity contribution in [3.63, 3.8) is 0 Å². The summed E-state index contributed by atoms with van der Waals surface area (Å²) in [5.74, 6) is -0.159. The number of pyridine rings is 1. The van der Waals surface area contributed by atoms with Crippen LogP contribution in [0.1, 0.15) is 67.9 Å². The molecule has 0 spiro atoms. The highest BCUT2D eigenvalue weighted by molar-refractivity contribution is 5.86. The van der Waals surface area contributed by atoms with Gasteiger partial charge in [0.15, 0.2) is 0 Å². The lowest BCUT2D eigenvalue weighted by Crippen LogP contribution is -2.46. The topological polar surface area (TPSA) is 76.5 Å². The lowest BCUT2D eigenvalue weighted by molar-refractivity contribution is -0.141. The smallest absolute Gasteiger partial charge is 0.417 e. The van der Waals surface area contributed by atoms with Gasteiger partial charge in [0, 0.05) is 49.3 Å². The highest BCUT2D eigenvalue weighted by Gasteiger charge is 2.45. The first-order valence-electron chi connectivity index (χ1n) is 12.8. The van der Waals surface area contributed by atoms with Crippen LogP contribution in [0.2, 0.25) is 0 Å². The van der Waals surface area contributed by atoms with Crippen LogP contribution in [0.5, 0.6) is 0 Å². The van der Waals surface area contributed by atoms with Crippen molar-refractivity contribution in [1.29, 1.82) is 0 Å². The fraction of sp³-hybridized carbons (Fsp3) is 0.536. The van der Waals surface area contributed by atoms with E-state index in [4.69, 9.17) is 4.74 Å². The Labute approximate surface area is 221 Å². The number of alkyl carbamates (subject to hydrolysis) is 1. The molecule has 0 radical (unpaired) electrons. The SMILES string of the molecule is Cc1ccc(C)n1[C@@H]1C=C[C@](CCNC(=O)OC(C)(C)C)(C(=O)N2CCc3ncc(C(F)(F)F)cc3C2)C1. The summed E-state index contributed by atoms with van der Waals surface area (Å²) in [6, 6.07) is 5.10. The number of hydrogen-bond donors (Lipinski definition) is 1. The van der Waals surface area contributed by atoms with Gasteiger partial charge in [-0.15, -0.1) is 0 Å². The molecule has 0 unspecified atom stereocenters. The molecule has 1 aliphatic carbocycles. The Kier molecular flexibility index (Phi) is 7.38. The summed E-state index contributed by atoms with van der Waals surface area (Å²) >= 11 is 0. The number of halogens is 3. The molecular weight excluding hydrogens is 497 g/mol. The van der Waals surface area contributed by atoms with Crippen LogP contribution < -0.4 is 5.32 Å². The maximum atomic E-state index is 14.1. The largest absolute Gasteiger partial charge is 0.444 e. The number of fused-ring (bicyclic) bond motifs is 1. The molecule has 1 N–H and O–H groups in total. The molecule has 2 aromatic heterocycles. The predicted octanol–water partition coefficient (Wildman–Crippen LogP) is 5.51. The zero-order chi connectivity index (χ0) is 27.9. The van der Waals surface area contributed by atoms with Crippen molar-refractivity contribution in [3.8, 4) is 0 Å². The number of nitrogens with one attached hydrogen (secondary N) is 1. The van der Waals surface area contributed by atoms with E-state index in [9.17, 15) is 22.8 Å². The second-order valence-electron chi connectivity index (χ2n) is 11.3. The highest BCUT2D eigenvalue weighted by atomic mass is 19.4. The van der Waals surface area contributed by atoms with E-state index >= 15 is 0 Å². The highest BCUT2D eigenvalue weighted by Crippen LogP contribution is 2.44. The van der Waals surface area contributed by atoms with E-state index in [1.54, 1.807) is 25.7 Å². The molecule has 4 rings (SSSR count). The summed E-state index contributed by atoms with van der Waals surface area (Å²) in [7, 11) is 0. The van der Waals surface area contributed by atoms with E-state index in [-0.39, 0.29) is 25.0 Å². The minimum absolute atomic E-state index is 0.0500. The Hall–Kier alpha value is -3.30. The van der Waals surface area contributed by atoms with E-state index in [1.807, 2.05) is 38.1 Å².